The van der Waals surface area contributed by atoms with Crippen LogP contribution >= 0.6 is 0 Å². The van der Waals surface area contributed by atoms with E-state index in [1.54, 1.807) is 0 Å². The van der Waals surface area contributed by atoms with Crippen molar-refractivity contribution in [2.45, 2.75) is 219 Å². The fourth-order valence-electron chi connectivity index (χ4n) is 5.76. The van der Waals surface area contributed by atoms with E-state index < -0.39 is 6.10 Å². The number of hydrogen-bond acceptors (Lipinski definition) is 6. The summed E-state index contributed by atoms with van der Waals surface area (Å²) in [6.07, 6.45) is 41.5. The minimum atomic E-state index is -0.769. The summed E-state index contributed by atoms with van der Waals surface area (Å²) in [5, 5.41) is 0. The second-order valence-electron chi connectivity index (χ2n) is 13.9. The molecular formula is C43H78O6. The topological polar surface area (TPSA) is 78.9 Å². The minimum Gasteiger partial charge on any atom is -0.462 e. The molecule has 0 aliphatic rings. The average Bonchev–Trinajstić information content (AvgIpc) is 3.09. The van der Waals surface area contributed by atoms with Gasteiger partial charge in [0.25, 0.3) is 0 Å². The molecule has 0 fully saturated rings. The van der Waals surface area contributed by atoms with Crippen LogP contribution in [-0.2, 0) is 28.6 Å². The third-order valence-corrected chi connectivity index (χ3v) is 8.90. The van der Waals surface area contributed by atoms with Crippen LogP contribution in [0, 0.1) is 0 Å². The van der Waals surface area contributed by atoms with Crippen LogP contribution in [0.1, 0.15) is 213 Å². The molecule has 0 N–H and O–H groups in total. The summed E-state index contributed by atoms with van der Waals surface area (Å²) >= 11 is 0. The minimum absolute atomic E-state index is 0.0819. The van der Waals surface area contributed by atoms with Gasteiger partial charge in [0.15, 0.2) is 6.10 Å². The van der Waals surface area contributed by atoms with E-state index in [0.717, 1.165) is 51.4 Å². The summed E-state index contributed by atoms with van der Waals surface area (Å²) in [6.45, 7) is 6.25. The molecule has 0 spiro atoms. The number of ether oxygens (including phenoxy) is 3. The van der Waals surface area contributed by atoms with E-state index in [2.05, 4.69) is 38.2 Å². The molecule has 286 valence electrons. The van der Waals surface area contributed by atoms with Gasteiger partial charge in [0, 0.05) is 19.3 Å². The van der Waals surface area contributed by atoms with Gasteiger partial charge in [0.1, 0.15) is 13.2 Å². The van der Waals surface area contributed by atoms with Crippen molar-refractivity contribution in [1.29, 1.82) is 0 Å². The van der Waals surface area contributed by atoms with E-state index in [0.29, 0.717) is 25.7 Å². The molecule has 0 aromatic carbocycles. The zero-order chi connectivity index (χ0) is 35.9. The Morgan fingerprint density at radius 1 is 0.388 bits per heavy atom. The standard InChI is InChI=1S/C43H78O6/c1-4-7-9-11-13-15-17-19-21-23-25-27-29-31-33-36-42(45)48-39-40(38-47-41(44)35-6-3)49-43(46)37-34-32-30-28-26-24-22-20-18-16-14-12-10-8-5-2/h19-22,40H,4-18,23-39H2,1-3H3. The molecule has 0 rings (SSSR count). The van der Waals surface area contributed by atoms with E-state index in [9.17, 15) is 14.4 Å². The lowest BCUT2D eigenvalue weighted by Crippen LogP contribution is -2.30. The number of carbonyl (C=O) groups excluding carboxylic acids is 3. The van der Waals surface area contributed by atoms with Crippen molar-refractivity contribution in [3.05, 3.63) is 24.3 Å². The maximum atomic E-state index is 12.5. The van der Waals surface area contributed by atoms with Gasteiger partial charge in [0.2, 0.25) is 0 Å². The molecule has 0 aliphatic carbocycles. The van der Waals surface area contributed by atoms with Gasteiger partial charge < -0.3 is 14.2 Å². The summed E-state index contributed by atoms with van der Waals surface area (Å²) < 4.78 is 16.3. The van der Waals surface area contributed by atoms with Crippen LogP contribution in [0.4, 0.5) is 0 Å². The highest BCUT2D eigenvalue weighted by molar-refractivity contribution is 5.71. The summed E-state index contributed by atoms with van der Waals surface area (Å²) in [5.74, 6) is -0.960. The largest absolute Gasteiger partial charge is 0.462 e. The molecule has 0 bridgehead atoms. The highest BCUT2D eigenvalue weighted by atomic mass is 16.6. The molecule has 0 aromatic heterocycles. The Labute approximate surface area is 303 Å². The van der Waals surface area contributed by atoms with Crippen molar-refractivity contribution in [3.8, 4) is 0 Å². The van der Waals surface area contributed by atoms with Gasteiger partial charge in [-0.15, -0.1) is 0 Å². The third kappa shape index (κ3) is 37.0. The molecule has 6 nitrogen and oxygen atoms in total. The smallest absolute Gasteiger partial charge is 0.306 e. The number of rotatable bonds is 37. The fourth-order valence-corrected chi connectivity index (χ4v) is 5.76. The monoisotopic (exact) mass is 691 g/mol. The molecule has 49 heavy (non-hydrogen) atoms. The van der Waals surface area contributed by atoms with Crippen molar-refractivity contribution >= 4 is 17.9 Å². The third-order valence-electron chi connectivity index (χ3n) is 8.90. The number of carbonyl (C=O) groups is 3. The SMILES string of the molecule is CCCCCCCCC=CCCCCCCCC(=O)OCC(COC(=O)CCC)OC(=O)CCCCCCCC=CCCCCCCCC. The maximum absolute atomic E-state index is 12.5. The van der Waals surface area contributed by atoms with Gasteiger partial charge in [-0.2, -0.15) is 0 Å². The number of unbranched alkanes of at least 4 members (excludes halogenated alkanes) is 22. The van der Waals surface area contributed by atoms with Crippen LogP contribution in [0.3, 0.4) is 0 Å². The summed E-state index contributed by atoms with van der Waals surface area (Å²) in [5.41, 5.74) is 0. The Bertz CT molecular complexity index is 804. The predicted octanol–water partition coefficient (Wildman–Crippen LogP) is 12.9. The Morgan fingerprint density at radius 3 is 1.10 bits per heavy atom. The van der Waals surface area contributed by atoms with Crippen molar-refractivity contribution in [2.75, 3.05) is 13.2 Å². The Kier molecular flexibility index (Phi) is 37.0. The van der Waals surface area contributed by atoms with E-state index in [-0.39, 0.29) is 31.1 Å². The van der Waals surface area contributed by atoms with E-state index in [1.807, 2.05) is 6.92 Å². The first kappa shape index (κ1) is 46.9. The van der Waals surface area contributed by atoms with Gasteiger partial charge in [0.05, 0.1) is 0 Å². The highest BCUT2D eigenvalue weighted by Gasteiger charge is 2.19. The lowest BCUT2D eigenvalue weighted by molar-refractivity contribution is -0.167. The highest BCUT2D eigenvalue weighted by Crippen LogP contribution is 2.13. The number of allylic oxidation sites excluding steroid dienone is 4. The molecule has 0 radical (unpaired) electrons. The first-order chi connectivity index (χ1) is 24.0. The van der Waals surface area contributed by atoms with Crippen LogP contribution < -0.4 is 0 Å². The lowest BCUT2D eigenvalue weighted by atomic mass is 10.1. The molecule has 0 aromatic rings. The summed E-state index contributed by atoms with van der Waals surface area (Å²) in [4.78, 5) is 36.8. The maximum Gasteiger partial charge on any atom is 0.306 e. The predicted molar refractivity (Wildman–Crippen MR) is 206 cm³/mol. The van der Waals surface area contributed by atoms with E-state index in [4.69, 9.17) is 14.2 Å². The van der Waals surface area contributed by atoms with Crippen molar-refractivity contribution in [3.63, 3.8) is 0 Å². The molecule has 1 unspecified atom stereocenters. The van der Waals surface area contributed by atoms with Crippen molar-refractivity contribution in [1.82, 2.24) is 0 Å². The molecule has 6 heteroatoms. The van der Waals surface area contributed by atoms with Crippen LogP contribution in [0.5, 0.6) is 0 Å². The summed E-state index contributed by atoms with van der Waals surface area (Å²) in [6, 6.07) is 0. The quantitative estimate of drug-likeness (QED) is 0.0279. The van der Waals surface area contributed by atoms with Gasteiger partial charge in [-0.25, -0.2) is 0 Å². The Balaban J connectivity index is 4.03. The van der Waals surface area contributed by atoms with E-state index in [1.165, 1.54) is 116 Å². The normalized spacial score (nSPS) is 12.1. The van der Waals surface area contributed by atoms with Crippen LogP contribution in [-0.4, -0.2) is 37.2 Å². The molecule has 0 saturated heterocycles. The Morgan fingerprint density at radius 2 is 0.714 bits per heavy atom. The van der Waals surface area contributed by atoms with Gasteiger partial charge in [-0.3, -0.25) is 14.4 Å². The van der Waals surface area contributed by atoms with Crippen LogP contribution in [0.2, 0.25) is 0 Å². The average molecular weight is 691 g/mol. The molecule has 0 aliphatic heterocycles. The first-order valence-corrected chi connectivity index (χ1v) is 20.8. The zero-order valence-electron chi connectivity index (χ0n) is 32.5. The van der Waals surface area contributed by atoms with Gasteiger partial charge in [-0.05, 0) is 70.6 Å². The Hall–Kier alpha value is -2.11. The number of hydrogen-bond donors (Lipinski definition) is 0. The molecule has 0 saturated carbocycles. The molecule has 1 atom stereocenters. The number of esters is 3. The molecular weight excluding hydrogens is 612 g/mol. The second kappa shape index (κ2) is 38.7. The van der Waals surface area contributed by atoms with Gasteiger partial charge in [-0.1, -0.05) is 148 Å². The fraction of sp³-hybridized carbons (Fsp3) is 0.837. The molecule has 0 heterocycles. The zero-order valence-corrected chi connectivity index (χ0v) is 32.5. The molecule has 0 amide bonds. The van der Waals surface area contributed by atoms with E-state index >= 15 is 0 Å². The van der Waals surface area contributed by atoms with Crippen molar-refractivity contribution in [2.24, 2.45) is 0 Å². The lowest BCUT2D eigenvalue weighted by Gasteiger charge is -2.18. The van der Waals surface area contributed by atoms with Crippen molar-refractivity contribution < 1.29 is 28.6 Å². The second-order valence-corrected chi connectivity index (χ2v) is 13.9. The van der Waals surface area contributed by atoms with Gasteiger partial charge >= 0.3 is 17.9 Å². The summed E-state index contributed by atoms with van der Waals surface area (Å²) in [7, 11) is 0. The van der Waals surface area contributed by atoms with Crippen LogP contribution in [0.25, 0.3) is 0 Å². The van der Waals surface area contributed by atoms with Crippen LogP contribution in [0.15, 0.2) is 24.3 Å². The first-order valence-electron chi connectivity index (χ1n) is 20.8.